The van der Waals surface area contributed by atoms with Gasteiger partial charge >= 0.3 is 18.2 Å². The molecule has 0 radical (unpaired) electrons. The van der Waals surface area contributed by atoms with Gasteiger partial charge in [0.05, 0.1) is 12.1 Å². The fourth-order valence-corrected chi connectivity index (χ4v) is 4.38. The SMILES string of the molecule is O=C1CO[C@H]2CCN(C(=O)N3CC(c4ccc(Oc5nccc(C(F)(F)F)n5)cc4)C3)C[C@H]2N1. The highest BCUT2D eigenvalue weighted by Crippen LogP contribution is 2.32. The summed E-state index contributed by atoms with van der Waals surface area (Å²) in [6.45, 7) is 2.20. The number of rotatable bonds is 3. The lowest BCUT2D eigenvalue weighted by atomic mass is 9.91. The molecular weight excluding hydrogens is 455 g/mol. The molecule has 0 unspecified atom stereocenters. The van der Waals surface area contributed by atoms with Crippen molar-refractivity contribution in [1.29, 1.82) is 0 Å². The van der Waals surface area contributed by atoms with Crippen molar-refractivity contribution >= 4 is 11.9 Å². The van der Waals surface area contributed by atoms with Crippen LogP contribution in [0.2, 0.25) is 0 Å². The molecule has 4 heterocycles. The number of amides is 3. The third-order valence-corrected chi connectivity index (χ3v) is 6.23. The molecule has 12 heteroatoms. The highest BCUT2D eigenvalue weighted by atomic mass is 19.4. The fourth-order valence-electron chi connectivity index (χ4n) is 4.38. The van der Waals surface area contributed by atoms with Gasteiger partial charge in [0.25, 0.3) is 0 Å². The maximum Gasteiger partial charge on any atom is 0.433 e. The van der Waals surface area contributed by atoms with Crippen LogP contribution in [0.5, 0.6) is 11.8 Å². The number of carbonyl (C=O) groups is 2. The molecule has 0 spiro atoms. The summed E-state index contributed by atoms with van der Waals surface area (Å²) < 4.78 is 49.3. The van der Waals surface area contributed by atoms with Crippen LogP contribution < -0.4 is 10.1 Å². The molecule has 3 aliphatic heterocycles. The summed E-state index contributed by atoms with van der Waals surface area (Å²) in [5.74, 6) is 0.305. The number of aromatic nitrogens is 2. The average Bonchev–Trinajstić information content (AvgIpc) is 2.78. The van der Waals surface area contributed by atoms with Crippen molar-refractivity contribution < 1.29 is 32.2 Å². The Labute approximate surface area is 192 Å². The van der Waals surface area contributed by atoms with Crippen LogP contribution in [0.1, 0.15) is 23.6 Å². The third-order valence-electron chi connectivity index (χ3n) is 6.23. The van der Waals surface area contributed by atoms with Gasteiger partial charge in [-0.1, -0.05) is 12.1 Å². The number of benzene rings is 1. The molecule has 0 aliphatic carbocycles. The molecule has 34 heavy (non-hydrogen) atoms. The van der Waals surface area contributed by atoms with Crippen molar-refractivity contribution in [2.45, 2.75) is 30.7 Å². The normalized spacial score (nSPS) is 23.1. The first kappa shape index (κ1) is 22.4. The predicted octanol–water partition coefficient (Wildman–Crippen LogP) is 2.40. The van der Waals surface area contributed by atoms with Crippen LogP contribution in [-0.4, -0.2) is 76.6 Å². The summed E-state index contributed by atoms with van der Waals surface area (Å²) in [5, 5.41) is 2.89. The molecule has 9 nitrogen and oxygen atoms in total. The van der Waals surface area contributed by atoms with E-state index in [-0.39, 0.29) is 42.6 Å². The molecule has 5 rings (SSSR count). The molecule has 3 aliphatic rings. The summed E-state index contributed by atoms with van der Waals surface area (Å²) in [5.41, 5.74) is -0.0796. The predicted molar refractivity (Wildman–Crippen MR) is 111 cm³/mol. The van der Waals surface area contributed by atoms with Crippen LogP contribution in [-0.2, 0) is 15.7 Å². The number of morpholine rings is 1. The lowest BCUT2D eigenvalue weighted by Gasteiger charge is -2.46. The van der Waals surface area contributed by atoms with Crippen molar-refractivity contribution in [3.05, 3.63) is 47.8 Å². The number of alkyl halides is 3. The van der Waals surface area contributed by atoms with E-state index in [1.807, 2.05) is 12.1 Å². The topological polar surface area (TPSA) is 96.9 Å². The second kappa shape index (κ2) is 8.75. The second-order valence-electron chi connectivity index (χ2n) is 8.54. The number of nitrogens with one attached hydrogen (secondary N) is 1. The molecule has 180 valence electrons. The van der Waals surface area contributed by atoms with Gasteiger partial charge < -0.3 is 24.6 Å². The molecule has 3 amide bonds. The molecule has 1 aromatic carbocycles. The van der Waals surface area contributed by atoms with Crippen molar-refractivity contribution in [2.75, 3.05) is 32.8 Å². The highest BCUT2D eigenvalue weighted by molar-refractivity contribution is 5.79. The highest BCUT2D eigenvalue weighted by Gasteiger charge is 2.40. The van der Waals surface area contributed by atoms with E-state index < -0.39 is 11.9 Å². The van der Waals surface area contributed by atoms with Gasteiger partial charge in [-0.05, 0) is 30.2 Å². The maximum atomic E-state index is 12.9. The van der Waals surface area contributed by atoms with E-state index in [1.165, 1.54) is 0 Å². The van der Waals surface area contributed by atoms with E-state index in [4.69, 9.17) is 9.47 Å². The number of hydrogen-bond acceptors (Lipinski definition) is 6. The Morgan fingerprint density at radius 3 is 2.62 bits per heavy atom. The van der Waals surface area contributed by atoms with Crippen molar-refractivity contribution in [3.63, 3.8) is 0 Å². The summed E-state index contributed by atoms with van der Waals surface area (Å²) >= 11 is 0. The van der Waals surface area contributed by atoms with Gasteiger partial charge in [0, 0.05) is 38.3 Å². The van der Waals surface area contributed by atoms with Crippen LogP contribution in [0.4, 0.5) is 18.0 Å². The number of likely N-dealkylation sites (tertiary alicyclic amines) is 2. The van der Waals surface area contributed by atoms with Crippen molar-refractivity contribution in [2.24, 2.45) is 0 Å². The van der Waals surface area contributed by atoms with Crippen LogP contribution >= 0.6 is 0 Å². The van der Waals surface area contributed by atoms with E-state index in [1.54, 1.807) is 21.9 Å². The number of carbonyl (C=O) groups excluding carboxylic acids is 2. The molecule has 2 atom stereocenters. The van der Waals surface area contributed by atoms with Crippen LogP contribution in [0.15, 0.2) is 36.5 Å². The minimum Gasteiger partial charge on any atom is -0.424 e. The molecule has 0 bridgehead atoms. The van der Waals surface area contributed by atoms with Gasteiger partial charge in [-0.25, -0.2) is 9.78 Å². The standard InChI is InChI=1S/C22H22F3N5O4/c23-22(24,25)18-5-7-26-20(28-18)34-15-3-1-13(2-4-15)14-9-30(10-14)21(32)29-8-6-17-16(11-29)27-19(31)12-33-17/h1-5,7,14,16-17H,6,8-12H2,(H,27,31)/t16-,17+/m1/s1. The van der Waals surface area contributed by atoms with Crippen LogP contribution in [0.25, 0.3) is 0 Å². The minimum absolute atomic E-state index is 0.0482. The Bertz CT molecular complexity index is 1070. The smallest absolute Gasteiger partial charge is 0.424 e. The van der Waals surface area contributed by atoms with E-state index in [2.05, 4.69) is 15.3 Å². The van der Waals surface area contributed by atoms with Gasteiger partial charge in [-0.15, -0.1) is 0 Å². The largest absolute Gasteiger partial charge is 0.433 e. The van der Waals surface area contributed by atoms with Crippen LogP contribution in [0, 0.1) is 0 Å². The van der Waals surface area contributed by atoms with Gasteiger partial charge in [-0.3, -0.25) is 4.79 Å². The molecule has 1 aromatic heterocycles. The van der Waals surface area contributed by atoms with Gasteiger partial charge in [0.1, 0.15) is 12.4 Å². The minimum atomic E-state index is -4.58. The molecule has 2 aromatic rings. The first-order valence-corrected chi connectivity index (χ1v) is 10.9. The van der Waals surface area contributed by atoms with E-state index >= 15 is 0 Å². The van der Waals surface area contributed by atoms with Crippen LogP contribution in [0.3, 0.4) is 0 Å². The quantitative estimate of drug-likeness (QED) is 0.730. The number of nitrogens with zero attached hydrogens (tertiary/aromatic N) is 4. The lowest BCUT2D eigenvalue weighted by molar-refractivity contribution is -0.141. The number of halogens is 3. The Kier molecular flexibility index (Phi) is 5.76. The van der Waals surface area contributed by atoms with E-state index in [0.717, 1.165) is 17.8 Å². The average molecular weight is 477 g/mol. The number of piperidine rings is 1. The summed E-state index contributed by atoms with van der Waals surface area (Å²) in [6, 6.07) is 7.07. The van der Waals surface area contributed by atoms with E-state index in [9.17, 15) is 22.8 Å². The Morgan fingerprint density at radius 1 is 1.12 bits per heavy atom. The first-order valence-electron chi connectivity index (χ1n) is 10.9. The summed E-state index contributed by atoms with van der Waals surface area (Å²) in [4.78, 5) is 35.0. The Morgan fingerprint density at radius 2 is 1.88 bits per heavy atom. The lowest BCUT2D eigenvalue weighted by Crippen LogP contribution is -2.63. The Balaban J connectivity index is 1.14. The summed E-state index contributed by atoms with van der Waals surface area (Å²) in [6.07, 6.45) is -2.94. The Hall–Kier alpha value is -3.41. The molecule has 3 saturated heterocycles. The zero-order valence-electron chi connectivity index (χ0n) is 18.0. The number of fused-ring (bicyclic) bond motifs is 1. The summed E-state index contributed by atoms with van der Waals surface area (Å²) in [7, 11) is 0. The van der Waals surface area contributed by atoms with Gasteiger partial charge in [0.2, 0.25) is 5.91 Å². The second-order valence-corrected chi connectivity index (χ2v) is 8.54. The van der Waals surface area contributed by atoms with Gasteiger partial charge in [-0.2, -0.15) is 18.2 Å². The van der Waals surface area contributed by atoms with Gasteiger partial charge in [0.15, 0.2) is 5.69 Å². The van der Waals surface area contributed by atoms with Crippen molar-refractivity contribution in [1.82, 2.24) is 25.1 Å². The zero-order valence-corrected chi connectivity index (χ0v) is 18.0. The number of urea groups is 1. The maximum absolute atomic E-state index is 12.9. The third kappa shape index (κ3) is 4.63. The van der Waals surface area contributed by atoms with Crippen molar-refractivity contribution in [3.8, 4) is 11.8 Å². The number of hydrogen-bond donors (Lipinski definition) is 1. The zero-order chi connectivity index (χ0) is 23.9. The first-order chi connectivity index (χ1) is 16.3. The van der Waals surface area contributed by atoms with E-state index in [0.29, 0.717) is 38.3 Å². The number of ether oxygens (including phenoxy) is 2. The molecular formula is C22H22F3N5O4. The molecule has 1 N–H and O–H groups in total. The fraction of sp³-hybridized carbons (Fsp3) is 0.455. The molecule has 3 fully saturated rings. The molecule has 0 saturated carbocycles. The monoisotopic (exact) mass is 477 g/mol.